The van der Waals surface area contributed by atoms with Crippen LogP contribution < -0.4 is 5.76 Å². The number of carbonyl (C=O) groups excluding carboxylic acids is 2. The summed E-state index contributed by atoms with van der Waals surface area (Å²) in [7, 11) is 0. The molecule has 0 fully saturated rings. The fourth-order valence-electron chi connectivity index (χ4n) is 2.72. The summed E-state index contributed by atoms with van der Waals surface area (Å²) in [5, 5.41) is 0. The van der Waals surface area contributed by atoms with Crippen LogP contribution in [0.5, 0.6) is 0 Å². The van der Waals surface area contributed by atoms with E-state index in [0.29, 0.717) is 16.7 Å². The number of fused-ring (bicyclic) bond motifs is 1. The summed E-state index contributed by atoms with van der Waals surface area (Å²) in [5.74, 6) is -1.60. The predicted molar refractivity (Wildman–Crippen MR) is 96.2 cm³/mol. The molecule has 0 saturated carbocycles. The molecular weight excluding hydrogens is 334 g/mol. The molecule has 134 valence electrons. The van der Waals surface area contributed by atoms with Gasteiger partial charge in [-0.3, -0.25) is 14.2 Å². The summed E-state index contributed by atoms with van der Waals surface area (Å²) < 4.78 is 11.5. The molecule has 6 heteroatoms. The maximum atomic E-state index is 12.4. The van der Waals surface area contributed by atoms with Gasteiger partial charge < -0.3 is 9.15 Å². The van der Waals surface area contributed by atoms with Crippen LogP contribution in [0, 0.1) is 0 Å². The topological polar surface area (TPSA) is 78.5 Å². The summed E-state index contributed by atoms with van der Waals surface area (Å²) in [5.41, 5.74) is 2.50. The van der Waals surface area contributed by atoms with Crippen LogP contribution in [-0.4, -0.2) is 22.4 Å². The highest BCUT2D eigenvalue weighted by atomic mass is 16.5. The molecule has 0 amide bonds. The molecule has 2 aromatic carbocycles. The molecule has 0 aliphatic rings. The van der Waals surface area contributed by atoms with E-state index in [1.54, 1.807) is 36.4 Å². The van der Waals surface area contributed by atoms with Gasteiger partial charge in [0.15, 0.2) is 11.7 Å². The van der Waals surface area contributed by atoms with E-state index < -0.39 is 17.8 Å². The number of carbonyl (C=O) groups is 2. The predicted octanol–water partition coefficient (Wildman–Crippen LogP) is 2.97. The molecule has 0 saturated heterocycles. The van der Waals surface area contributed by atoms with Crippen molar-refractivity contribution in [2.75, 3.05) is 0 Å². The van der Waals surface area contributed by atoms with Crippen molar-refractivity contribution in [2.45, 2.75) is 32.9 Å². The number of Topliss-reactive ketones (excluding diaryl/α,β-unsaturated/α-hetero) is 1. The Hall–Kier alpha value is -3.15. The van der Waals surface area contributed by atoms with Gasteiger partial charge in [0.2, 0.25) is 5.78 Å². The molecule has 0 aliphatic heterocycles. The van der Waals surface area contributed by atoms with E-state index in [2.05, 4.69) is 0 Å². The van der Waals surface area contributed by atoms with Crippen LogP contribution in [0.3, 0.4) is 0 Å². The molecule has 3 aromatic rings. The Bertz CT molecular complexity index is 997. The smallest absolute Gasteiger partial charge is 0.420 e. The van der Waals surface area contributed by atoms with Gasteiger partial charge in [-0.15, -0.1) is 0 Å². The van der Waals surface area contributed by atoms with Gasteiger partial charge in [-0.1, -0.05) is 43.3 Å². The van der Waals surface area contributed by atoms with E-state index in [1.807, 2.05) is 19.1 Å². The minimum absolute atomic E-state index is 0.287. The van der Waals surface area contributed by atoms with Crippen molar-refractivity contribution in [2.24, 2.45) is 0 Å². The Morgan fingerprint density at radius 3 is 2.50 bits per heavy atom. The van der Waals surface area contributed by atoms with Crippen LogP contribution in [0.1, 0.15) is 29.8 Å². The third kappa shape index (κ3) is 3.59. The molecule has 0 bridgehead atoms. The van der Waals surface area contributed by atoms with Crippen LogP contribution in [0.4, 0.5) is 0 Å². The molecular formula is C20H19NO5. The fraction of sp³-hybridized carbons (Fsp3) is 0.250. The van der Waals surface area contributed by atoms with Crippen molar-refractivity contribution in [3.05, 3.63) is 70.2 Å². The largest absolute Gasteiger partial charge is 0.453 e. The number of hydrogen-bond acceptors (Lipinski definition) is 5. The molecule has 3 rings (SSSR count). The molecule has 6 nitrogen and oxygen atoms in total. The van der Waals surface area contributed by atoms with Crippen molar-refractivity contribution < 1.29 is 18.7 Å². The highest BCUT2D eigenvalue weighted by Crippen LogP contribution is 2.13. The highest BCUT2D eigenvalue weighted by molar-refractivity contribution is 6.00. The number of hydrogen-bond donors (Lipinski definition) is 0. The number of para-hydroxylation sites is 2. The number of esters is 1. The van der Waals surface area contributed by atoms with Gasteiger partial charge in [0.25, 0.3) is 0 Å². The first-order chi connectivity index (χ1) is 12.5. The maximum absolute atomic E-state index is 12.4. The lowest BCUT2D eigenvalue weighted by Crippen LogP contribution is -2.28. The number of oxazole rings is 1. The van der Waals surface area contributed by atoms with Crippen molar-refractivity contribution in [3.8, 4) is 0 Å². The van der Waals surface area contributed by atoms with Crippen LogP contribution in [0.25, 0.3) is 11.1 Å². The van der Waals surface area contributed by atoms with E-state index in [-0.39, 0.29) is 12.3 Å². The number of benzene rings is 2. The normalized spacial score (nSPS) is 12.1. The van der Waals surface area contributed by atoms with E-state index in [1.165, 1.54) is 11.5 Å². The van der Waals surface area contributed by atoms with Crippen LogP contribution in [0.2, 0.25) is 0 Å². The van der Waals surface area contributed by atoms with Gasteiger partial charge in [0, 0.05) is 5.56 Å². The number of ketones is 1. The summed E-state index contributed by atoms with van der Waals surface area (Å²) in [6, 6.07) is 14.0. The third-order valence-corrected chi connectivity index (χ3v) is 4.19. The van der Waals surface area contributed by atoms with Gasteiger partial charge in [-0.25, -0.2) is 4.79 Å². The monoisotopic (exact) mass is 353 g/mol. The molecule has 0 unspecified atom stereocenters. The zero-order valence-electron chi connectivity index (χ0n) is 14.6. The van der Waals surface area contributed by atoms with Crippen LogP contribution in [-0.2, 0) is 22.5 Å². The standard InChI is InChI=1S/C20H19NO5/c1-3-14-8-10-15(11-9-14)19(23)13(2)25-18(22)12-21-16-6-4-5-7-17(16)26-20(21)24/h4-11,13H,3,12H2,1-2H3/t13-/m0/s1. The quantitative estimate of drug-likeness (QED) is 0.503. The van der Waals surface area contributed by atoms with E-state index in [0.717, 1.165) is 12.0 Å². The number of rotatable bonds is 6. The molecule has 1 heterocycles. The zero-order valence-corrected chi connectivity index (χ0v) is 14.6. The molecule has 1 aromatic heterocycles. The Labute approximate surface area is 150 Å². The summed E-state index contributed by atoms with van der Waals surface area (Å²) in [6.45, 7) is 3.23. The highest BCUT2D eigenvalue weighted by Gasteiger charge is 2.21. The van der Waals surface area contributed by atoms with E-state index in [9.17, 15) is 14.4 Å². The summed E-state index contributed by atoms with van der Waals surface area (Å²) in [6.07, 6.45) is -0.0595. The van der Waals surface area contributed by atoms with Crippen LogP contribution in [0.15, 0.2) is 57.7 Å². The van der Waals surface area contributed by atoms with Gasteiger partial charge in [-0.2, -0.15) is 0 Å². The zero-order chi connectivity index (χ0) is 18.7. The lowest BCUT2D eigenvalue weighted by molar-refractivity contribution is -0.147. The number of aryl methyl sites for hydroxylation is 1. The minimum atomic E-state index is -0.941. The number of ether oxygens (including phenoxy) is 1. The van der Waals surface area contributed by atoms with Gasteiger partial charge in [0.1, 0.15) is 6.54 Å². The lowest BCUT2D eigenvalue weighted by atomic mass is 10.0. The summed E-state index contributed by atoms with van der Waals surface area (Å²) in [4.78, 5) is 36.5. The van der Waals surface area contributed by atoms with Crippen LogP contribution >= 0.6 is 0 Å². The minimum Gasteiger partial charge on any atom is -0.453 e. The first-order valence-corrected chi connectivity index (χ1v) is 8.40. The first kappa shape index (κ1) is 17.7. The molecule has 1 atom stereocenters. The molecule has 0 aliphatic carbocycles. The Kier molecular flexibility index (Phi) is 5.02. The van der Waals surface area contributed by atoms with Gasteiger partial charge in [0.05, 0.1) is 5.52 Å². The Balaban J connectivity index is 1.69. The van der Waals surface area contributed by atoms with E-state index in [4.69, 9.17) is 9.15 Å². The van der Waals surface area contributed by atoms with Gasteiger partial charge >= 0.3 is 11.7 Å². The SMILES string of the molecule is CCc1ccc(C(=O)[C@H](C)OC(=O)Cn2c(=O)oc3ccccc32)cc1. The molecule has 0 N–H and O–H groups in total. The Morgan fingerprint density at radius 1 is 1.12 bits per heavy atom. The molecule has 0 radical (unpaired) electrons. The number of aromatic nitrogens is 1. The first-order valence-electron chi connectivity index (χ1n) is 8.40. The fourth-order valence-corrected chi connectivity index (χ4v) is 2.72. The molecule has 0 spiro atoms. The second kappa shape index (κ2) is 7.39. The molecule has 26 heavy (non-hydrogen) atoms. The van der Waals surface area contributed by atoms with E-state index >= 15 is 0 Å². The Morgan fingerprint density at radius 2 is 1.81 bits per heavy atom. The third-order valence-electron chi connectivity index (χ3n) is 4.19. The average Bonchev–Trinajstić information content (AvgIpc) is 2.96. The maximum Gasteiger partial charge on any atom is 0.420 e. The lowest BCUT2D eigenvalue weighted by Gasteiger charge is -2.12. The second-order valence-electron chi connectivity index (χ2n) is 5.97. The van der Waals surface area contributed by atoms with Crippen molar-refractivity contribution >= 4 is 22.9 Å². The summed E-state index contributed by atoms with van der Waals surface area (Å²) >= 11 is 0. The van der Waals surface area contributed by atoms with Crippen molar-refractivity contribution in [1.82, 2.24) is 4.57 Å². The van der Waals surface area contributed by atoms with Gasteiger partial charge in [-0.05, 0) is 31.0 Å². The van der Waals surface area contributed by atoms with Crippen molar-refractivity contribution in [3.63, 3.8) is 0 Å². The number of nitrogens with zero attached hydrogens (tertiary/aromatic N) is 1. The second-order valence-corrected chi connectivity index (χ2v) is 5.97. The average molecular weight is 353 g/mol. The van der Waals surface area contributed by atoms with Crippen molar-refractivity contribution in [1.29, 1.82) is 0 Å².